The predicted molar refractivity (Wildman–Crippen MR) is 105 cm³/mol. The SMILES string of the molecule is CC(=O)O[C@H]1CC[C@@]2(O)[C@H]3Cc4ccc(O)c5c4[C@@]2(CCN3CC2CCC2)[C@H]1O5. The van der Waals surface area contributed by atoms with Gasteiger partial charge in [0.15, 0.2) is 11.5 Å². The summed E-state index contributed by atoms with van der Waals surface area (Å²) < 4.78 is 12.0. The van der Waals surface area contributed by atoms with Crippen molar-refractivity contribution in [3.63, 3.8) is 0 Å². The largest absolute Gasteiger partial charge is 0.504 e. The van der Waals surface area contributed by atoms with Gasteiger partial charge >= 0.3 is 5.97 Å². The first-order chi connectivity index (χ1) is 13.9. The highest BCUT2D eigenvalue weighted by Gasteiger charge is 2.73. The Bertz CT molecular complexity index is 882. The average molecular weight is 399 g/mol. The van der Waals surface area contributed by atoms with Gasteiger partial charge in [0.25, 0.3) is 0 Å². The lowest BCUT2D eigenvalue weighted by Crippen LogP contribution is -2.77. The third kappa shape index (κ3) is 2.17. The summed E-state index contributed by atoms with van der Waals surface area (Å²) >= 11 is 0. The number of piperidine rings is 1. The van der Waals surface area contributed by atoms with Crippen LogP contribution in [0.4, 0.5) is 0 Å². The van der Waals surface area contributed by atoms with Crippen LogP contribution in [-0.4, -0.2) is 58.0 Å². The van der Waals surface area contributed by atoms with Crippen LogP contribution in [0.3, 0.4) is 0 Å². The normalized spacial score (nSPS) is 40.0. The lowest BCUT2D eigenvalue weighted by molar-refractivity contribution is -0.216. The average Bonchev–Trinajstić information content (AvgIpc) is 2.99. The van der Waals surface area contributed by atoms with E-state index in [1.165, 1.54) is 26.2 Å². The smallest absolute Gasteiger partial charge is 0.303 e. The van der Waals surface area contributed by atoms with Crippen molar-refractivity contribution in [2.24, 2.45) is 5.92 Å². The topological polar surface area (TPSA) is 79.2 Å². The molecule has 1 spiro atoms. The summed E-state index contributed by atoms with van der Waals surface area (Å²) in [5, 5.41) is 22.8. The van der Waals surface area contributed by atoms with E-state index in [2.05, 4.69) is 4.90 Å². The number of carbonyl (C=O) groups excluding carboxylic acids is 1. The first-order valence-electron chi connectivity index (χ1n) is 11.1. The fourth-order valence-corrected chi connectivity index (χ4v) is 7.14. The Morgan fingerprint density at radius 2 is 2.14 bits per heavy atom. The van der Waals surface area contributed by atoms with E-state index < -0.39 is 23.2 Å². The number of hydrogen-bond donors (Lipinski definition) is 2. The molecule has 3 fully saturated rings. The zero-order valence-corrected chi connectivity index (χ0v) is 16.9. The zero-order valence-electron chi connectivity index (χ0n) is 16.9. The molecular formula is C23H29NO5. The van der Waals surface area contributed by atoms with Gasteiger partial charge in [0.05, 0.1) is 11.0 Å². The predicted octanol–water partition coefficient (Wildman–Crippen LogP) is 2.28. The number of phenolic OH excluding ortho intramolecular Hbond substituents is 1. The summed E-state index contributed by atoms with van der Waals surface area (Å²) in [7, 11) is 0. The van der Waals surface area contributed by atoms with E-state index in [1.54, 1.807) is 6.07 Å². The van der Waals surface area contributed by atoms with E-state index in [9.17, 15) is 15.0 Å². The maximum absolute atomic E-state index is 12.3. The van der Waals surface area contributed by atoms with Crippen LogP contribution in [0.1, 0.15) is 56.6 Å². The summed E-state index contributed by atoms with van der Waals surface area (Å²) in [6.45, 7) is 3.39. The van der Waals surface area contributed by atoms with E-state index >= 15 is 0 Å². The van der Waals surface area contributed by atoms with Crippen LogP contribution in [0.2, 0.25) is 0 Å². The van der Waals surface area contributed by atoms with Crippen LogP contribution in [0.5, 0.6) is 11.5 Å². The fourth-order valence-electron chi connectivity index (χ4n) is 7.14. The molecule has 5 aliphatic rings. The zero-order chi connectivity index (χ0) is 20.0. The standard InChI is InChI=1S/C23H29NO5/c1-13(25)28-17-7-8-23(27)18-11-15-5-6-16(26)20-19(15)22(23,21(17)29-20)9-10-24(18)12-14-3-2-4-14/h5-6,14,17-18,21,26-27H,2-4,7-12H2,1H3/t17-,18+,21-,22-,23+/m0/s1. The number of benzene rings is 1. The quantitative estimate of drug-likeness (QED) is 0.760. The molecule has 6 heteroatoms. The van der Waals surface area contributed by atoms with Crippen LogP contribution in [0, 0.1) is 5.92 Å². The number of hydrogen-bond acceptors (Lipinski definition) is 6. The van der Waals surface area contributed by atoms with Crippen LogP contribution in [0.25, 0.3) is 0 Å². The van der Waals surface area contributed by atoms with E-state index in [4.69, 9.17) is 9.47 Å². The molecule has 2 N–H and O–H groups in total. The highest BCUT2D eigenvalue weighted by Crippen LogP contribution is 2.65. The molecule has 29 heavy (non-hydrogen) atoms. The summed E-state index contributed by atoms with van der Waals surface area (Å²) in [4.78, 5) is 14.3. The summed E-state index contributed by atoms with van der Waals surface area (Å²) in [6.07, 6.45) is 5.78. The third-order valence-corrected chi connectivity index (χ3v) is 8.55. The molecule has 1 saturated heterocycles. The van der Waals surface area contributed by atoms with Gasteiger partial charge in [-0.15, -0.1) is 0 Å². The number of nitrogens with zero attached hydrogens (tertiary/aromatic N) is 1. The Labute approximate surface area is 170 Å². The Morgan fingerprint density at radius 3 is 2.86 bits per heavy atom. The van der Waals surface area contributed by atoms with Gasteiger partial charge in [0, 0.05) is 25.1 Å². The van der Waals surface area contributed by atoms with E-state index in [0.29, 0.717) is 18.6 Å². The second-order valence-electron chi connectivity index (χ2n) is 9.83. The second kappa shape index (κ2) is 5.88. The van der Waals surface area contributed by atoms with Crippen LogP contribution in [-0.2, 0) is 21.4 Å². The Kier molecular flexibility index (Phi) is 3.66. The summed E-state index contributed by atoms with van der Waals surface area (Å²) in [5.41, 5.74) is 0.592. The molecular weight excluding hydrogens is 370 g/mol. The van der Waals surface area contributed by atoms with Crippen molar-refractivity contribution in [2.45, 2.75) is 81.1 Å². The third-order valence-electron chi connectivity index (χ3n) is 8.55. The van der Waals surface area contributed by atoms with E-state index in [0.717, 1.165) is 43.0 Å². The highest BCUT2D eigenvalue weighted by molar-refractivity contribution is 5.67. The molecule has 5 atom stereocenters. The Balaban J connectivity index is 1.49. The molecule has 2 aliphatic heterocycles. The molecule has 156 valence electrons. The van der Waals surface area contributed by atoms with Crippen molar-refractivity contribution in [1.29, 1.82) is 0 Å². The Hall–Kier alpha value is -1.79. The minimum Gasteiger partial charge on any atom is -0.504 e. The molecule has 2 heterocycles. The number of phenols is 1. The molecule has 2 saturated carbocycles. The van der Waals surface area contributed by atoms with E-state index in [-0.39, 0.29) is 17.8 Å². The van der Waals surface area contributed by atoms with Gasteiger partial charge in [-0.25, -0.2) is 0 Å². The number of aliphatic hydroxyl groups is 1. The molecule has 6 rings (SSSR count). The number of esters is 1. The molecule has 0 unspecified atom stereocenters. The first kappa shape index (κ1) is 18.0. The fraction of sp³-hybridized carbons (Fsp3) is 0.696. The first-order valence-corrected chi connectivity index (χ1v) is 11.1. The van der Waals surface area contributed by atoms with Crippen LogP contribution in [0.15, 0.2) is 12.1 Å². The van der Waals surface area contributed by atoms with Crippen molar-refractivity contribution in [3.8, 4) is 11.5 Å². The van der Waals surface area contributed by atoms with Gasteiger partial charge in [-0.05, 0) is 62.6 Å². The van der Waals surface area contributed by atoms with Gasteiger partial charge in [0.2, 0.25) is 0 Å². The molecule has 1 aromatic carbocycles. The number of carbonyl (C=O) groups is 1. The van der Waals surface area contributed by atoms with Crippen LogP contribution < -0.4 is 4.74 Å². The van der Waals surface area contributed by atoms with Crippen molar-refractivity contribution in [3.05, 3.63) is 23.3 Å². The van der Waals surface area contributed by atoms with Gasteiger partial charge in [-0.1, -0.05) is 12.5 Å². The molecule has 0 amide bonds. The van der Waals surface area contributed by atoms with Gasteiger partial charge in [-0.3, -0.25) is 9.69 Å². The highest BCUT2D eigenvalue weighted by atomic mass is 16.6. The maximum Gasteiger partial charge on any atom is 0.303 e. The van der Waals surface area contributed by atoms with Gasteiger partial charge < -0.3 is 19.7 Å². The molecule has 2 bridgehead atoms. The van der Waals surface area contributed by atoms with Crippen molar-refractivity contribution < 1.29 is 24.5 Å². The number of aromatic hydroxyl groups is 1. The lowest BCUT2D eigenvalue weighted by Gasteiger charge is -2.64. The lowest BCUT2D eigenvalue weighted by atomic mass is 9.48. The van der Waals surface area contributed by atoms with Crippen molar-refractivity contribution in [2.75, 3.05) is 13.1 Å². The molecule has 0 radical (unpaired) electrons. The molecule has 6 nitrogen and oxygen atoms in total. The Morgan fingerprint density at radius 1 is 1.31 bits per heavy atom. The maximum atomic E-state index is 12.3. The summed E-state index contributed by atoms with van der Waals surface area (Å²) in [5.74, 6) is 1.04. The molecule has 1 aromatic rings. The number of likely N-dealkylation sites (tertiary alicyclic amines) is 1. The molecule has 0 aromatic heterocycles. The number of rotatable bonds is 3. The monoisotopic (exact) mass is 399 g/mol. The van der Waals surface area contributed by atoms with Gasteiger partial charge in [-0.2, -0.15) is 0 Å². The van der Waals surface area contributed by atoms with Crippen LogP contribution >= 0.6 is 0 Å². The molecule has 3 aliphatic carbocycles. The van der Waals surface area contributed by atoms with Crippen molar-refractivity contribution in [1.82, 2.24) is 4.90 Å². The second-order valence-corrected chi connectivity index (χ2v) is 9.83. The van der Waals surface area contributed by atoms with Crippen molar-refractivity contribution >= 4 is 5.97 Å². The minimum atomic E-state index is -0.928. The number of ether oxygens (including phenoxy) is 2. The van der Waals surface area contributed by atoms with E-state index in [1.807, 2.05) is 6.07 Å². The summed E-state index contributed by atoms with van der Waals surface area (Å²) in [6, 6.07) is 3.75. The van der Waals surface area contributed by atoms with Gasteiger partial charge in [0.1, 0.15) is 12.2 Å². The minimum absolute atomic E-state index is 0.0456.